The lowest BCUT2D eigenvalue weighted by Crippen LogP contribution is -2.55. The van der Waals surface area contributed by atoms with Crippen molar-refractivity contribution in [1.29, 1.82) is 0 Å². The van der Waals surface area contributed by atoms with Crippen molar-refractivity contribution in [3.63, 3.8) is 0 Å². The summed E-state index contributed by atoms with van der Waals surface area (Å²) in [6.45, 7) is 2.62. The number of carbonyl (C=O) groups is 1. The zero-order valence-electron chi connectivity index (χ0n) is 11.9. The van der Waals surface area contributed by atoms with Crippen LogP contribution in [0.1, 0.15) is 37.8 Å². The van der Waals surface area contributed by atoms with Gasteiger partial charge in [0.25, 0.3) is 0 Å². The van der Waals surface area contributed by atoms with Gasteiger partial charge in [0.1, 0.15) is 5.54 Å². The van der Waals surface area contributed by atoms with Crippen LogP contribution >= 0.6 is 0 Å². The van der Waals surface area contributed by atoms with Gasteiger partial charge in [0, 0.05) is 0 Å². The highest BCUT2D eigenvalue weighted by molar-refractivity contribution is 5.82. The maximum atomic E-state index is 12.5. The van der Waals surface area contributed by atoms with E-state index in [-0.39, 0.29) is 11.8 Å². The van der Waals surface area contributed by atoms with Crippen molar-refractivity contribution in [3.8, 4) is 0 Å². The van der Waals surface area contributed by atoms with Gasteiger partial charge >= 0.3 is 12.1 Å². The van der Waals surface area contributed by atoms with Crippen molar-refractivity contribution >= 4 is 5.97 Å². The molecule has 116 valence electrons. The molecule has 0 aliphatic heterocycles. The van der Waals surface area contributed by atoms with Crippen molar-refractivity contribution in [2.75, 3.05) is 6.54 Å². The molecule has 0 spiro atoms. The molecule has 0 saturated heterocycles. The summed E-state index contributed by atoms with van der Waals surface area (Å²) in [4.78, 5) is 11.7. The Balaban J connectivity index is 2.50. The summed E-state index contributed by atoms with van der Waals surface area (Å²) in [5.41, 5.74) is -0.719. The number of rotatable bonds is 3. The highest BCUT2D eigenvalue weighted by Gasteiger charge is 2.49. The third kappa shape index (κ3) is 2.90. The lowest BCUT2D eigenvalue weighted by atomic mass is 9.65. The number of halogens is 3. The first-order chi connectivity index (χ1) is 9.58. The van der Waals surface area contributed by atoms with Crippen LogP contribution in [0.15, 0.2) is 24.3 Å². The summed E-state index contributed by atoms with van der Waals surface area (Å²) in [6, 6.07) is 6.84. The van der Waals surface area contributed by atoms with Crippen molar-refractivity contribution in [2.45, 2.75) is 43.8 Å². The molecule has 0 aromatic heterocycles. The Morgan fingerprint density at radius 1 is 1.24 bits per heavy atom. The van der Waals surface area contributed by atoms with E-state index in [4.69, 9.17) is 0 Å². The summed E-state index contributed by atoms with van der Waals surface area (Å²) >= 11 is 0. The Kier molecular flexibility index (Phi) is 3.78. The van der Waals surface area contributed by atoms with Crippen LogP contribution in [0, 0.1) is 0 Å². The Morgan fingerprint density at radius 3 is 2.33 bits per heavy atom. The van der Waals surface area contributed by atoms with Gasteiger partial charge in [0.05, 0.1) is 6.54 Å². The molecule has 3 nitrogen and oxygen atoms in total. The van der Waals surface area contributed by atoms with E-state index in [1.165, 1.54) is 0 Å². The number of alkyl halides is 3. The minimum absolute atomic E-state index is 0.127. The van der Waals surface area contributed by atoms with Crippen LogP contribution in [0.5, 0.6) is 0 Å². The molecule has 1 unspecified atom stereocenters. The van der Waals surface area contributed by atoms with E-state index in [2.05, 4.69) is 5.32 Å². The van der Waals surface area contributed by atoms with Gasteiger partial charge in [-0.25, -0.2) is 4.79 Å². The molecule has 0 saturated carbocycles. The number of benzene rings is 1. The van der Waals surface area contributed by atoms with E-state index in [9.17, 15) is 23.1 Å². The summed E-state index contributed by atoms with van der Waals surface area (Å²) in [5, 5.41) is 11.8. The minimum Gasteiger partial charge on any atom is -0.480 e. The van der Waals surface area contributed by atoms with Crippen LogP contribution in [-0.4, -0.2) is 23.8 Å². The number of hydrogen-bond donors (Lipinski definition) is 2. The first-order valence-corrected chi connectivity index (χ1v) is 6.74. The van der Waals surface area contributed by atoms with Crippen LogP contribution in [0.4, 0.5) is 13.2 Å². The molecule has 21 heavy (non-hydrogen) atoms. The highest BCUT2D eigenvalue weighted by Crippen LogP contribution is 2.45. The molecular formula is C15H18F3NO2. The predicted octanol–water partition coefficient (Wildman–Crippen LogP) is 3.19. The molecule has 0 bridgehead atoms. The van der Waals surface area contributed by atoms with Crippen molar-refractivity contribution in [2.24, 2.45) is 0 Å². The van der Waals surface area contributed by atoms with E-state index >= 15 is 0 Å². The second-order valence-corrected chi connectivity index (χ2v) is 6.11. The number of carboxylic acid groups (broad SMARTS) is 1. The SMILES string of the molecule is CC1(C)CCC(NCC(F)(F)F)(C(=O)O)c2ccccc21. The van der Waals surface area contributed by atoms with Gasteiger partial charge in [-0.3, -0.25) is 5.32 Å². The van der Waals surface area contributed by atoms with Gasteiger partial charge in [-0.1, -0.05) is 38.1 Å². The molecule has 2 N–H and O–H groups in total. The van der Waals surface area contributed by atoms with Gasteiger partial charge in [0.15, 0.2) is 0 Å². The molecule has 0 fully saturated rings. The van der Waals surface area contributed by atoms with E-state index in [0.29, 0.717) is 12.0 Å². The maximum absolute atomic E-state index is 12.5. The molecule has 1 aliphatic rings. The maximum Gasteiger partial charge on any atom is 0.401 e. The Labute approximate surface area is 121 Å². The molecule has 0 heterocycles. The fourth-order valence-electron chi connectivity index (χ4n) is 2.95. The first kappa shape index (κ1) is 15.8. The first-order valence-electron chi connectivity index (χ1n) is 6.74. The monoisotopic (exact) mass is 301 g/mol. The fourth-order valence-corrected chi connectivity index (χ4v) is 2.95. The molecule has 2 rings (SSSR count). The Morgan fingerprint density at radius 2 is 1.81 bits per heavy atom. The zero-order chi connectivity index (χ0) is 15.9. The molecule has 1 atom stereocenters. The van der Waals surface area contributed by atoms with Gasteiger partial charge in [0.2, 0.25) is 0 Å². The Bertz CT molecular complexity index is 554. The number of fused-ring (bicyclic) bond motifs is 1. The van der Waals surface area contributed by atoms with E-state index < -0.39 is 24.2 Å². The lowest BCUT2D eigenvalue weighted by Gasteiger charge is -2.43. The summed E-state index contributed by atoms with van der Waals surface area (Å²) in [7, 11) is 0. The second kappa shape index (κ2) is 5.02. The van der Waals surface area contributed by atoms with Gasteiger partial charge in [-0.05, 0) is 29.4 Å². The van der Waals surface area contributed by atoms with Crippen LogP contribution in [0.3, 0.4) is 0 Å². The summed E-state index contributed by atoms with van der Waals surface area (Å²) in [6.07, 6.45) is -3.83. The van der Waals surface area contributed by atoms with Crippen LogP contribution in [0.25, 0.3) is 0 Å². The topological polar surface area (TPSA) is 49.3 Å². The molecule has 0 radical (unpaired) electrons. The number of hydrogen-bond acceptors (Lipinski definition) is 2. The fraction of sp³-hybridized carbons (Fsp3) is 0.533. The third-order valence-corrected chi connectivity index (χ3v) is 4.20. The number of aliphatic carboxylic acids is 1. The second-order valence-electron chi connectivity index (χ2n) is 6.11. The van der Waals surface area contributed by atoms with E-state index in [1.54, 1.807) is 24.3 Å². The Hall–Kier alpha value is -1.56. The minimum atomic E-state index is -4.45. The zero-order valence-corrected chi connectivity index (χ0v) is 11.9. The van der Waals surface area contributed by atoms with Gasteiger partial charge in [-0.2, -0.15) is 13.2 Å². The summed E-state index contributed by atoms with van der Waals surface area (Å²) in [5.74, 6) is -1.27. The molecule has 1 aromatic carbocycles. The van der Waals surface area contributed by atoms with E-state index in [1.807, 2.05) is 13.8 Å². The van der Waals surface area contributed by atoms with Crippen LogP contribution < -0.4 is 5.32 Å². The molecule has 6 heteroatoms. The predicted molar refractivity (Wildman–Crippen MR) is 72.1 cm³/mol. The third-order valence-electron chi connectivity index (χ3n) is 4.20. The van der Waals surface area contributed by atoms with Crippen LogP contribution in [-0.2, 0) is 15.7 Å². The normalized spacial score (nSPS) is 24.4. The highest BCUT2D eigenvalue weighted by atomic mass is 19.4. The largest absolute Gasteiger partial charge is 0.480 e. The summed E-state index contributed by atoms with van der Waals surface area (Å²) < 4.78 is 37.5. The number of nitrogens with one attached hydrogen (secondary N) is 1. The van der Waals surface area contributed by atoms with Crippen molar-refractivity contribution < 1.29 is 23.1 Å². The smallest absolute Gasteiger partial charge is 0.401 e. The molecular weight excluding hydrogens is 283 g/mol. The quantitative estimate of drug-likeness (QED) is 0.901. The van der Waals surface area contributed by atoms with Crippen molar-refractivity contribution in [3.05, 3.63) is 35.4 Å². The lowest BCUT2D eigenvalue weighted by molar-refractivity contribution is -0.152. The van der Waals surface area contributed by atoms with E-state index in [0.717, 1.165) is 5.56 Å². The molecule has 0 amide bonds. The standard InChI is InChI=1S/C15H18F3NO2/c1-13(2)7-8-14(12(20)21,19-9-15(16,17)18)11-6-4-3-5-10(11)13/h3-6,19H,7-9H2,1-2H3,(H,20,21). The van der Waals surface area contributed by atoms with Crippen LogP contribution in [0.2, 0.25) is 0 Å². The molecule has 1 aromatic rings. The number of carboxylic acids is 1. The molecule has 1 aliphatic carbocycles. The average molecular weight is 301 g/mol. The van der Waals surface area contributed by atoms with Gasteiger partial charge < -0.3 is 5.11 Å². The van der Waals surface area contributed by atoms with Crippen molar-refractivity contribution in [1.82, 2.24) is 5.32 Å². The van der Waals surface area contributed by atoms with Gasteiger partial charge in [-0.15, -0.1) is 0 Å². The average Bonchev–Trinajstić information content (AvgIpc) is 2.37.